The second-order valence-corrected chi connectivity index (χ2v) is 14.5. The predicted octanol–water partition coefficient (Wildman–Crippen LogP) is -5.19. The molecule has 1 heterocycles. The number of carbonyl (C=O) groups excluding carboxylic acids is 7. The van der Waals surface area contributed by atoms with Crippen molar-refractivity contribution in [2.24, 2.45) is 17.2 Å². The molecule has 326 valence electrons. The molecule has 1 unspecified atom stereocenters. The fourth-order valence-corrected chi connectivity index (χ4v) is 5.87. The summed E-state index contributed by atoms with van der Waals surface area (Å²) in [5.41, 5.74) is 16.2. The summed E-state index contributed by atoms with van der Waals surface area (Å²) in [7, 11) is -5.52. The summed E-state index contributed by atoms with van der Waals surface area (Å²) in [5.74, 6) is -8.15. The Balaban J connectivity index is 2.96. The van der Waals surface area contributed by atoms with Crippen molar-refractivity contribution in [1.82, 2.24) is 26.6 Å². The van der Waals surface area contributed by atoms with Crippen LogP contribution in [-0.2, 0) is 61.4 Å². The number of phosphoric acid groups is 1. The second-order valence-electron chi connectivity index (χ2n) is 13.2. The average molecular weight is 843 g/mol. The summed E-state index contributed by atoms with van der Waals surface area (Å²) in [5, 5.41) is 41.5. The predicted molar refractivity (Wildman–Crippen MR) is 192 cm³/mol. The van der Waals surface area contributed by atoms with Crippen LogP contribution in [0.5, 0.6) is 0 Å². The number of hydrogen-bond donors (Lipinski definition) is 12. The van der Waals surface area contributed by atoms with Gasteiger partial charge < -0.3 is 73.1 Å². The Morgan fingerprint density at radius 1 is 0.877 bits per heavy atom. The zero-order chi connectivity index (χ0) is 43.8. The van der Waals surface area contributed by atoms with Crippen molar-refractivity contribution in [2.45, 2.75) is 134 Å². The largest absolute Gasteiger partial charge is 0.532 e. The van der Waals surface area contributed by atoms with E-state index in [1.54, 1.807) is 0 Å². The van der Waals surface area contributed by atoms with Gasteiger partial charge in [-0.2, -0.15) is 0 Å². The van der Waals surface area contributed by atoms with Crippen LogP contribution in [0.15, 0.2) is 0 Å². The van der Waals surface area contributed by atoms with Gasteiger partial charge in [0.15, 0.2) is 6.29 Å². The van der Waals surface area contributed by atoms with Gasteiger partial charge in [0.05, 0.1) is 12.6 Å². The van der Waals surface area contributed by atoms with E-state index in [0.717, 1.165) is 13.8 Å². The van der Waals surface area contributed by atoms with Crippen molar-refractivity contribution in [3.05, 3.63) is 0 Å². The fourth-order valence-electron chi connectivity index (χ4n) is 5.00. The highest BCUT2D eigenvalue weighted by Crippen LogP contribution is 2.47. The number of aliphatic hydroxyl groups excluding tert-OH is 2. The maximum Gasteiger partial charge on any atom is 0.532 e. The molecule has 0 aliphatic carbocycles. The van der Waals surface area contributed by atoms with E-state index >= 15 is 0 Å². The standard InChI is InChI=1S/C31H55N8O17P/c1-13(33)26(45)36-14(2)27(46)38-18(8-6-7-11-32)28(47)39-19(29(48)49)9-10-21(42)35-15(3)30(50)55-57(51,52)56-31-22(37-17(5)41)24(53-16(4)25(34)44)23(43)20(12-40)54-31/h13-16,18-20,22-24,31,40,43H,6-12,32-33H2,1-5H3,(H2,34,44)(H,35,42)(H,36,45)(H,37,41)(H,38,46)(H,39,47)(H,48,49)(H,51,52)/t13-,14-,15+,16-,18+,19-,20-,22-,23-,24-,31-/m1/s1. The molecule has 57 heavy (non-hydrogen) atoms. The van der Waals surface area contributed by atoms with Gasteiger partial charge in [-0.15, -0.1) is 0 Å². The molecule has 1 aliphatic heterocycles. The fraction of sp³-hybridized carbons (Fsp3) is 0.742. The first-order valence-electron chi connectivity index (χ1n) is 17.7. The molecule has 6 amide bonds. The Hall–Kier alpha value is -4.33. The molecule has 1 fully saturated rings. The van der Waals surface area contributed by atoms with Gasteiger partial charge in [-0.3, -0.25) is 33.7 Å². The maximum atomic E-state index is 13.1. The number of aliphatic carboxylic acids is 1. The first-order valence-corrected chi connectivity index (χ1v) is 19.2. The number of primary amides is 1. The molecule has 1 saturated heterocycles. The number of rotatable bonds is 24. The lowest BCUT2D eigenvalue weighted by molar-refractivity contribution is -0.261. The molecular weight excluding hydrogens is 787 g/mol. The van der Waals surface area contributed by atoms with Crippen molar-refractivity contribution >= 4 is 55.2 Å². The van der Waals surface area contributed by atoms with Crippen LogP contribution in [0, 0.1) is 0 Å². The Labute approximate surface area is 327 Å². The summed E-state index contributed by atoms with van der Waals surface area (Å²) in [6.07, 6.45) is -8.63. The molecule has 12 atom stereocenters. The number of hydrogen-bond acceptors (Lipinski definition) is 17. The molecule has 1 aliphatic rings. The van der Waals surface area contributed by atoms with Crippen molar-refractivity contribution in [3.63, 3.8) is 0 Å². The normalized spacial score (nSPS) is 23.4. The molecule has 0 saturated carbocycles. The van der Waals surface area contributed by atoms with Gasteiger partial charge in [0.1, 0.15) is 54.6 Å². The van der Waals surface area contributed by atoms with Crippen LogP contribution in [-0.4, -0.2) is 148 Å². The van der Waals surface area contributed by atoms with E-state index in [1.165, 1.54) is 20.8 Å². The topological polar surface area (TPSA) is 410 Å². The van der Waals surface area contributed by atoms with Gasteiger partial charge in [-0.25, -0.2) is 18.7 Å². The number of nitrogens with one attached hydrogen (secondary N) is 5. The number of unbranched alkanes of at least 4 members (excludes halogenated alkanes) is 1. The minimum absolute atomic E-state index is 0.0429. The molecule has 0 aromatic carbocycles. The zero-order valence-corrected chi connectivity index (χ0v) is 33.0. The lowest BCUT2D eigenvalue weighted by atomic mass is 9.96. The molecule has 0 spiro atoms. The van der Waals surface area contributed by atoms with Gasteiger partial charge in [-0.05, 0) is 59.9 Å². The Bertz CT molecular complexity index is 1490. The lowest BCUT2D eigenvalue weighted by Gasteiger charge is -2.44. The quantitative estimate of drug-likeness (QED) is 0.0319. The molecule has 0 aromatic heterocycles. The third-order valence-electron chi connectivity index (χ3n) is 8.18. The van der Waals surface area contributed by atoms with Crippen LogP contribution in [0.4, 0.5) is 0 Å². The molecule has 26 heteroatoms. The van der Waals surface area contributed by atoms with Gasteiger partial charge >= 0.3 is 19.8 Å². The van der Waals surface area contributed by atoms with Crippen LogP contribution in [0.1, 0.15) is 66.7 Å². The van der Waals surface area contributed by atoms with E-state index in [-0.39, 0.29) is 13.0 Å². The summed E-state index contributed by atoms with van der Waals surface area (Å²) in [6.45, 7) is 5.36. The lowest BCUT2D eigenvalue weighted by Crippen LogP contribution is -2.66. The molecule has 1 rings (SSSR count). The number of ether oxygens (including phenoxy) is 2. The Morgan fingerprint density at radius 2 is 1.49 bits per heavy atom. The minimum atomic E-state index is -5.52. The number of carbonyl (C=O) groups is 8. The maximum absolute atomic E-state index is 13.1. The van der Waals surface area contributed by atoms with E-state index in [1.807, 2.05) is 0 Å². The number of carboxylic acid groups (broad SMARTS) is 1. The number of carboxylic acids is 1. The molecular formula is C31H55N8O17P. The van der Waals surface area contributed by atoms with Crippen LogP contribution < -0.4 is 43.8 Å². The third kappa shape index (κ3) is 17.4. The summed E-state index contributed by atoms with van der Waals surface area (Å²) in [4.78, 5) is 109. The summed E-state index contributed by atoms with van der Waals surface area (Å²) < 4.78 is 33.2. The second kappa shape index (κ2) is 23.8. The molecule has 0 aromatic rings. The van der Waals surface area contributed by atoms with E-state index in [0.29, 0.717) is 12.8 Å². The minimum Gasteiger partial charge on any atom is -0.480 e. The number of amides is 6. The first-order chi connectivity index (χ1) is 26.4. The summed E-state index contributed by atoms with van der Waals surface area (Å²) >= 11 is 0. The van der Waals surface area contributed by atoms with E-state index < -0.39 is 142 Å². The van der Waals surface area contributed by atoms with E-state index in [2.05, 4.69) is 31.1 Å². The summed E-state index contributed by atoms with van der Waals surface area (Å²) in [6, 6.07) is -8.26. The molecule has 25 nitrogen and oxygen atoms in total. The zero-order valence-electron chi connectivity index (χ0n) is 32.1. The number of phosphoric ester groups is 1. The molecule has 15 N–H and O–H groups in total. The van der Waals surface area contributed by atoms with Gasteiger partial charge in [0, 0.05) is 13.3 Å². The van der Waals surface area contributed by atoms with Gasteiger partial charge in [0.25, 0.3) is 0 Å². The number of nitrogens with two attached hydrogens (primary N) is 3. The Kier molecular flexibility index (Phi) is 21.2. The van der Waals surface area contributed by atoms with E-state index in [9.17, 15) is 63.1 Å². The third-order valence-corrected chi connectivity index (χ3v) is 9.06. The van der Waals surface area contributed by atoms with Crippen molar-refractivity contribution in [3.8, 4) is 0 Å². The number of aliphatic hydroxyl groups is 2. The molecule has 0 radical (unpaired) electrons. The highest BCUT2D eigenvalue weighted by atomic mass is 31.2. The highest BCUT2D eigenvalue weighted by molar-refractivity contribution is 7.48. The van der Waals surface area contributed by atoms with Crippen LogP contribution >= 0.6 is 7.82 Å². The van der Waals surface area contributed by atoms with E-state index in [4.69, 9.17) is 31.2 Å². The monoisotopic (exact) mass is 842 g/mol. The van der Waals surface area contributed by atoms with Crippen LogP contribution in [0.25, 0.3) is 0 Å². The average Bonchev–Trinajstić information content (AvgIpc) is 3.10. The molecule has 0 bridgehead atoms. The van der Waals surface area contributed by atoms with Gasteiger partial charge in [0.2, 0.25) is 35.4 Å². The first kappa shape index (κ1) is 50.7. The smallest absolute Gasteiger partial charge is 0.480 e. The Morgan fingerprint density at radius 3 is 2.02 bits per heavy atom. The van der Waals surface area contributed by atoms with Crippen LogP contribution in [0.2, 0.25) is 0 Å². The van der Waals surface area contributed by atoms with Gasteiger partial charge in [-0.1, -0.05) is 0 Å². The van der Waals surface area contributed by atoms with Crippen molar-refractivity contribution < 1.29 is 81.7 Å². The van der Waals surface area contributed by atoms with Crippen molar-refractivity contribution in [1.29, 1.82) is 0 Å². The van der Waals surface area contributed by atoms with Crippen molar-refractivity contribution in [2.75, 3.05) is 13.2 Å². The highest BCUT2D eigenvalue weighted by Gasteiger charge is 2.50. The SMILES string of the molecule is CC(=O)N[C@H]1[C@@H](OP(=O)(O)OC(=O)[C@H](C)NC(=O)CC[C@@H](NC(=O)[C@H](CCCCN)NC(=O)[C@@H](C)NC(=O)[C@@H](C)N)C(=O)O)O[C@H](CO)[C@@H](O)[C@@H]1O[C@H](C)C(N)=O. The van der Waals surface area contributed by atoms with Crippen LogP contribution in [0.3, 0.4) is 0 Å².